The molecule has 5 heteroatoms. The highest BCUT2D eigenvalue weighted by atomic mass is 16.5. The lowest BCUT2D eigenvalue weighted by Gasteiger charge is -2.21. The van der Waals surface area contributed by atoms with Gasteiger partial charge in [0.25, 0.3) is 0 Å². The summed E-state index contributed by atoms with van der Waals surface area (Å²) >= 11 is 0. The third kappa shape index (κ3) is 2.97. The first-order chi connectivity index (χ1) is 14.1. The summed E-state index contributed by atoms with van der Waals surface area (Å²) in [5.41, 5.74) is 3.34. The fourth-order valence-corrected chi connectivity index (χ4v) is 3.60. The Morgan fingerprint density at radius 3 is 1.90 bits per heavy atom. The largest absolute Gasteiger partial charge is 0.502 e. The lowest BCUT2D eigenvalue weighted by molar-refractivity contribution is 0.102. The molecule has 0 bridgehead atoms. The van der Waals surface area contributed by atoms with Crippen molar-refractivity contribution in [2.24, 2.45) is 0 Å². The molecule has 0 saturated carbocycles. The monoisotopic (exact) mass is 386 g/mol. The zero-order chi connectivity index (χ0) is 20.5. The average molecular weight is 386 g/mol. The molecular weight excluding hydrogens is 368 g/mol. The molecule has 3 aromatic rings. The van der Waals surface area contributed by atoms with Crippen LogP contribution in [0.1, 0.15) is 37.4 Å². The van der Waals surface area contributed by atoms with E-state index in [4.69, 9.17) is 9.47 Å². The number of phenols is 1. The highest BCUT2D eigenvalue weighted by molar-refractivity contribution is 6.21. The maximum Gasteiger partial charge on any atom is 0.201 e. The van der Waals surface area contributed by atoms with Crippen molar-refractivity contribution in [2.75, 3.05) is 14.2 Å². The van der Waals surface area contributed by atoms with Gasteiger partial charge in [0.15, 0.2) is 23.1 Å². The number of ketones is 2. The van der Waals surface area contributed by atoms with Crippen LogP contribution in [-0.2, 0) is 0 Å². The Bertz CT molecular complexity index is 1120. The maximum absolute atomic E-state index is 13.2. The molecule has 0 spiro atoms. The lowest BCUT2D eigenvalue weighted by Crippen LogP contribution is -2.15. The van der Waals surface area contributed by atoms with E-state index < -0.39 is 0 Å². The fraction of sp³-hybridized carbons (Fsp3) is 0.0833. The minimum atomic E-state index is -0.353. The number of allylic oxidation sites excluding steroid dienone is 1. The van der Waals surface area contributed by atoms with Gasteiger partial charge in [-0.15, -0.1) is 0 Å². The van der Waals surface area contributed by atoms with E-state index in [1.54, 1.807) is 30.3 Å². The van der Waals surface area contributed by atoms with Crippen molar-refractivity contribution in [1.29, 1.82) is 0 Å². The SMILES string of the molecule is COc1ccc(C(=O)C=C2c3ccccc3C(=O)c3ccccc32)c(OC)c1O. The molecule has 0 radical (unpaired) electrons. The van der Waals surface area contributed by atoms with Crippen LogP contribution in [0.5, 0.6) is 17.2 Å². The van der Waals surface area contributed by atoms with Crippen LogP contribution >= 0.6 is 0 Å². The molecule has 0 amide bonds. The molecule has 0 fully saturated rings. The predicted octanol–water partition coefficient (Wildman–Crippen LogP) is 4.27. The van der Waals surface area contributed by atoms with E-state index >= 15 is 0 Å². The zero-order valence-electron chi connectivity index (χ0n) is 15.9. The highest BCUT2D eigenvalue weighted by Crippen LogP contribution is 2.40. The Hall–Kier alpha value is -3.86. The van der Waals surface area contributed by atoms with Crippen LogP contribution < -0.4 is 9.47 Å². The molecule has 4 rings (SSSR count). The summed E-state index contributed by atoms with van der Waals surface area (Å²) in [5.74, 6) is -0.405. The van der Waals surface area contributed by atoms with E-state index in [-0.39, 0.29) is 34.4 Å². The van der Waals surface area contributed by atoms with Gasteiger partial charge in [-0.05, 0) is 34.9 Å². The molecule has 0 heterocycles. The fourth-order valence-electron chi connectivity index (χ4n) is 3.60. The number of ether oxygens (including phenoxy) is 2. The van der Waals surface area contributed by atoms with Crippen LogP contribution in [0.4, 0.5) is 0 Å². The Labute approximate surface area is 167 Å². The van der Waals surface area contributed by atoms with Crippen molar-refractivity contribution in [3.8, 4) is 17.2 Å². The van der Waals surface area contributed by atoms with Crippen LogP contribution in [0.25, 0.3) is 5.57 Å². The van der Waals surface area contributed by atoms with Crippen LogP contribution in [0.3, 0.4) is 0 Å². The number of aromatic hydroxyl groups is 1. The van der Waals surface area contributed by atoms with E-state index in [0.29, 0.717) is 27.8 Å². The Morgan fingerprint density at radius 2 is 1.38 bits per heavy atom. The van der Waals surface area contributed by atoms with Crippen LogP contribution in [0.15, 0.2) is 66.7 Å². The molecule has 0 saturated heterocycles. The Balaban J connectivity index is 1.90. The topological polar surface area (TPSA) is 72.8 Å². The third-order valence-electron chi connectivity index (χ3n) is 4.98. The number of fused-ring (bicyclic) bond motifs is 2. The molecule has 0 unspecified atom stereocenters. The van der Waals surface area contributed by atoms with Gasteiger partial charge in [-0.3, -0.25) is 9.59 Å². The molecule has 1 aliphatic carbocycles. The molecule has 29 heavy (non-hydrogen) atoms. The second-order valence-electron chi connectivity index (χ2n) is 6.54. The van der Waals surface area contributed by atoms with Crippen LogP contribution in [0, 0.1) is 0 Å². The normalized spacial score (nSPS) is 12.1. The molecule has 0 aliphatic heterocycles. The van der Waals surface area contributed by atoms with Gasteiger partial charge < -0.3 is 14.6 Å². The van der Waals surface area contributed by atoms with Crippen molar-refractivity contribution in [1.82, 2.24) is 0 Å². The van der Waals surface area contributed by atoms with Gasteiger partial charge in [-0.1, -0.05) is 48.5 Å². The summed E-state index contributed by atoms with van der Waals surface area (Å²) in [6.07, 6.45) is 1.48. The molecule has 0 aromatic heterocycles. The standard InChI is InChI=1S/C24H18O5/c1-28-21-12-11-18(24(29-2)23(21)27)20(25)13-19-14-7-3-5-9-16(14)22(26)17-10-6-4-8-15(17)19/h3-13,27H,1-2H3. The number of methoxy groups -OCH3 is 2. The summed E-state index contributed by atoms with van der Waals surface area (Å²) in [6, 6.07) is 17.5. The first-order valence-corrected chi connectivity index (χ1v) is 9.00. The quantitative estimate of drug-likeness (QED) is 0.419. The predicted molar refractivity (Wildman–Crippen MR) is 109 cm³/mol. The van der Waals surface area contributed by atoms with Gasteiger partial charge >= 0.3 is 0 Å². The molecule has 0 atom stereocenters. The van der Waals surface area contributed by atoms with Crippen molar-refractivity contribution in [2.45, 2.75) is 0 Å². The van der Waals surface area contributed by atoms with Gasteiger partial charge in [-0.2, -0.15) is 0 Å². The van der Waals surface area contributed by atoms with Gasteiger partial charge in [-0.25, -0.2) is 0 Å². The summed E-state index contributed by atoms with van der Waals surface area (Å²) in [4.78, 5) is 26.0. The molecule has 1 aliphatic rings. The minimum absolute atomic E-state index is 0.0413. The number of carbonyl (C=O) groups is 2. The van der Waals surface area contributed by atoms with Crippen molar-refractivity contribution in [3.05, 3.63) is 94.6 Å². The number of benzene rings is 3. The smallest absolute Gasteiger partial charge is 0.201 e. The van der Waals surface area contributed by atoms with Gasteiger partial charge in [0.1, 0.15) is 0 Å². The van der Waals surface area contributed by atoms with Crippen LogP contribution in [-0.4, -0.2) is 30.9 Å². The molecular formula is C24H18O5. The maximum atomic E-state index is 13.2. The summed E-state index contributed by atoms with van der Waals surface area (Å²) in [6.45, 7) is 0. The number of phenolic OH excluding ortho intramolecular Hbond substituents is 1. The summed E-state index contributed by atoms with van der Waals surface area (Å²) < 4.78 is 10.3. The van der Waals surface area contributed by atoms with E-state index in [2.05, 4.69) is 0 Å². The molecule has 3 aromatic carbocycles. The second-order valence-corrected chi connectivity index (χ2v) is 6.54. The average Bonchev–Trinajstić information content (AvgIpc) is 2.76. The van der Waals surface area contributed by atoms with Gasteiger partial charge in [0, 0.05) is 11.1 Å². The van der Waals surface area contributed by atoms with Gasteiger partial charge in [0.2, 0.25) is 5.75 Å². The first-order valence-electron chi connectivity index (χ1n) is 9.00. The Morgan fingerprint density at radius 1 is 0.828 bits per heavy atom. The Kier molecular flexibility index (Phi) is 4.64. The number of hydrogen-bond acceptors (Lipinski definition) is 5. The number of carbonyl (C=O) groups excluding carboxylic acids is 2. The minimum Gasteiger partial charge on any atom is -0.502 e. The first kappa shape index (κ1) is 18.5. The van der Waals surface area contributed by atoms with Crippen molar-refractivity contribution in [3.63, 3.8) is 0 Å². The third-order valence-corrected chi connectivity index (χ3v) is 4.98. The molecule has 144 valence electrons. The number of hydrogen-bond donors (Lipinski definition) is 1. The van der Waals surface area contributed by atoms with E-state index in [1.165, 1.54) is 26.4 Å². The van der Waals surface area contributed by atoms with Crippen molar-refractivity contribution >= 4 is 17.1 Å². The second kappa shape index (κ2) is 7.28. The van der Waals surface area contributed by atoms with E-state index in [9.17, 15) is 14.7 Å². The molecule has 1 N–H and O–H groups in total. The van der Waals surface area contributed by atoms with E-state index in [1.807, 2.05) is 24.3 Å². The van der Waals surface area contributed by atoms with E-state index in [0.717, 1.165) is 0 Å². The lowest BCUT2D eigenvalue weighted by atomic mass is 9.80. The zero-order valence-corrected chi connectivity index (χ0v) is 15.9. The molecule has 5 nitrogen and oxygen atoms in total. The van der Waals surface area contributed by atoms with Crippen LogP contribution in [0.2, 0.25) is 0 Å². The summed E-state index contributed by atoms with van der Waals surface area (Å²) in [7, 11) is 2.80. The van der Waals surface area contributed by atoms with Crippen molar-refractivity contribution < 1.29 is 24.2 Å². The van der Waals surface area contributed by atoms with Gasteiger partial charge in [0.05, 0.1) is 19.8 Å². The number of rotatable bonds is 4. The summed E-state index contributed by atoms with van der Waals surface area (Å²) in [5, 5.41) is 10.3. The highest BCUT2D eigenvalue weighted by Gasteiger charge is 2.27.